The molecule has 0 aromatic heterocycles. The molecule has 1 amide bonds. The molecule has 0 heterocycles. The number of ether oxygens (including phenoxy) is 1. The lowest BCUT2D eigenvalue weighted by molar-refractivity contribution is 0.0939. The van der Waals surface area contributed by atoms with E-state index in [4.69, 9.17) is 16.3 Å². The molecule has 0 bridgehead atoms. The number of carbonyl (C=O) groups is 1. The minimum Gasteiger partial charge on any atom is -0.494 e. The van der Waals surface area contributed by atoms with E-state index in [0.29, 0.717) is 28.5 Å². The molecule has 0 aliphatic carbocycles. The van der Waals surface area contributed by atoms with Gasteiger partial charge in [0.05, 0.1) is 17.5 Å². The molecule has 3 aromatic carbocycles. The molecule has 0 saturated heterocycles. The minimum absolute atomic E-state index is 0.0550. The van der Waals surface area contributed by atoms with Crippen molar-refractivity contribution in [3.8, 4) is 5.75 Å². The number of hydrogen-bond donors (Lipinski definition) is 1. The number of rotatable bonds is 9. The zero-order chi connectivity index (χ0) is 24.9. The molecule has 1 N–H and O–H groups in total. The van der Waals surface area contributed by atoms with Crippen LogP contribution in [0, 0.1) is 6.92 Å². The lowest BCUT2D eigenvalue weighted by atomic mass is 10.1. The topological polar surface area (TPSA) is 75.7 Å². The maximum atomic E-state index is 13.1. The highest BCUT2D eigenvalue weighted by molar-refractivity contribution is 7.89. The van der Waals surface area contributed by atoms with E-state index in [0.717, 1.165) is 11.1 Å². The average Bonchev–Trinajstić information content (AvgIpc) is 2.80. The number of carbonyl (C=O) groups excluding carboxylic acids is 1. The largest absolute Gasteiger partial charge is 0.494 e. The normalized spacial score (nSPS) is 12.4. The van der Waals surface area contributed by atoms with Gasteiger partial charge in [-0.2, -0.15) is 4.31 Å². The van der Waals surface area contributed by atoms with Gasteiger partial charge in [-0.15, -0.1) is 0 Å². The van der Waals surface area contributed by atoms with Crippen molar-refractivity contribution < 1.29 is 17.9 Å². The molecule has 0 aliphatic heterocycles. The lowest BCUT2D eigenvalue weighted by Gasteiger charge is -2.20. The lowest BCUT2D eigenvalue weighted by Crippen LogP contribution is -2.28. The van der Waals surface area contributed by atoms with E-state index in [2.05, 4.69) is 5.32 Å². The summed E-state index contributed by atoms with van der Waals surface area (Å²) in [6, 6.07) is 18.8. The van der Waals surface area contributed by atoms with E-state index in [1.807, 2.05) is 32.9 Å². The summed E-state index contributed by atoms with van der Waals surface area (Å²) in [6.45, 7) is 6.11. The van der Waals surface area contributed by atoms with Crippen molar-refractivity contribution in [3.05, 3.63) is 94.0 Å². The van der Waals surface area contributed by atoms with Crippen LogP contribution in [-0.2, 0) is 16.6 Å². The van der Waals surface area contributed by atoms with Crippen LogP contribution in [0.4, 0.5) is 0 Å². The number of benzene rings is 3. The Morgan fingerprint density at radius 3 is 2.32 bits per heavy atom. The quantitative estimate of drug-likeness (QED) is 0.429. The predicted molar refractivity (Wildman–Crippen MR) is 135 cm³/mol. The molecule has 0 spiro atoms. The molecular weight excluding hydrogens is 472 g/mol. The van der Waals surface area contributed by atoms with E-state index in [9.17, 15) is 13.2 Å². The third kappa shape index (κ3) is 6.17. The molecular formula is C26H29ClN2O4S. The Bertz CT molecular complexity index is 1240. The first-order valence-corrected chi connectivity index (χ1v) is 12.8. The number of amides is 1. The van der Waals surface area contributed by atoms with Crippen molar-refractivity contribution >= 4 is 27.5 Å². The highest BCUT2D eigenvalue weighted by Crippen LogP contribution is 2.25. The molecule has 1 atom stereocenters. The van der Waals surface area contributed by atoms with Crippen LogP contribution in [0.15, 0.2) is 71.6 Å². The van der Waals surface area contributed by atoms with Gasteiger partial charge in [0.2, 0.25) is 10.0 Å². The molecule has 0 fully saturated rings. The van der Waals surface area contributed by atoms with Crippen molar-refractivity contribution in [3.63, 3.8) is 0 Å². The van der Waals surface area contributed by atoms with Crippen molar-refractivity contribution in [2.45, 2.75) is 38.3 Å². The number of hydrogen-bond acceptors (Lipinski definition) is 4. The maximum Gasteiger partial charge on any atom is 0.251 e. The summed E-state index contributed by atoms with van der Waals surface area (Å²) in [5.41, 5.74) is 2.92. The van der Waals surface area contributed by atoms with Crippen LogP contribution >= 0.6 is 11.6 Å². The monoisotopic (exact) mass is 500 g/mol. The number of sulfonamides is 1. The molecule has 3 aromatic rings. The predicted octanol–water partition coefficient (Wildman–Crippen LogP) is 5.36. The summed E-state index contributed by atoms with van der Waals surface area (Å²) >= 11 is 5.95. The Kier molecular flexibility index (Phi) is 8.36. The highest BCUT2D eigenvalue weighted by atomic mass is 35.5. The van der Waals surface area contributed by atoms with Crippen molar-refractivity contribution in [1.82, 2.24) is 9.62 Å². The van der Waals surface area contributed by atoms with Gasteiger partial charge in [0.1, 0.15) is 5.75 Å². The molecule has 8 heteroatoms. The SMILES string of the molecule is CCOc1ccc(C(=O)N[C@H](C)c2ccc(Cl)cc2)cc1CN(C)S(=O)(=O)c1ccc(C)cc1. The van der Waals surface area contributed by atoms with Crippen LogP contribution < -0.4 is 10.1 Å². The molecule has 0 radical (unpaired) electrons. The Morgan fingerprint density at radius 1 is 1.06 bits per heavy atom. The van der Waals surface area contributed by atoms with E-state index in [-0.39, 0.29) is 23.4 Å². The number of aryl methyl sites for hydroxylation is 1. The minimum atomic E-state index is -3.71. The van der Waals surface area contributed by atoms with E-state index < -0.39 is 10.0 Å². The van der Waals surface area contributed by atoms with Gasteiger partial charge >= 0.3 is 0 Å². The van der Waals surface area contributed by atoms with Crippen LogP contribution in [0.5, 0.6) is 5.75 Å². The second kappa shape index (κ2) is 11.0. The fraction of sp³-hybridized carbons (Fsp3) is 0.269. The summed E-state index contributed by atoms with van der Waals surface area (Å²) in [6.07, 6.45) is 0. The fourth-order valence-electron chi connectivity index (χ4n) is 3.47. The first-order chi connectivity index (χ1) is 16.1. The van der Waals surface area contributed by atoms with Gasteiger partial charge < -0.3 is 10.1 Å². The summed E-state index contributed by atoms with van der Waals surface area (Å²) in [5.74, 6) is 0.270. The van der Waals surface area contributed by atoms with Crippen LogP contribution in [0.3, 0.4) is 0 Å². The van der Waals surface area contributed by atoms with Gasteiger partial charge in [-0.3, -0.25) is 4.79 Å². The van der Waals surface area contributed by atoms with Crippen LogP contribution in [0.1, 0.15) is 46.9 Å². The van der Waals surface area contributed by atoms with Gasteiger partial charge in [-0.05, 0) is 68.8 Å². The number of halogens is 1. The first kappa shape index (κ1) is 25.7. The fourth-order valence-corrected chi connectivity index (χ4v) is 4.75. The second-order valence-electron chi connectivity index (χ2n) is 8.08. The molecule has 180 valence electrons. The number of nitrogens with zero attached hydrogens (tertiary/aromatic N) is 1. The second-order valence-corrected chi connectivity index (χ2v) is 10.6. The van der Waals surface area contributed by atoms with Gasteiger partial charge in [-0.25, -0.2) is 8.42 Å². The average molecular weight is 501 g/mol. The van der Waals surface area contributed by atoms with Crippen molar-refractivity contribution in [1.29, 1.82) is 0 Å². The summed E-state index contributed by atoms with van der Waals surface area (Å²) in [4.78, 5) is 13.2. The molecule has 34 heavy (non-hydrogen) atoms. The third-order valence-corrected chi connectivity index (χ3v) is 7.53. The maximum absolute atomic E-state index is 13.1. The third-order valence-electron chi connectivity index (χ3n) is 5.46. The molecule has 0 aliphatic rings. The highest BCUT2D eigenvalue weighted by Gasteiger charge is 2.23. The van der Waals surface area contributed by atoms with Gasteiger partial charge in [-0.1, -0.05) is 41.4 Å². The number of nitrogens with one attached hydrogen (secondary N) is 1. The molecule has 6 nitrogen and oxygen atoms in total. The van der Waals surface area contributed by atoms with Crippen molar-refractivity contribution in [2.75, 3.05) is 13.7 Å². The zero-order valence-electron chi connectivity index (χ0n) is 19.7. The van der Waals surface area contributed by atoms with Crippen molar-refractivity contribution in [2.24, 2.45) is 0 Å². The van der Waals surface area contributed by atoms with Crippen LogP contribution in [0.25, 0.3) is 0 Å². The Balaban J connectivity index is 1.83. The van der Waals surface area contributed by atoms with E-state index in [1.54, 1.807) is 54.6 Å². The summed E-state index contributed by atoms with van der Waals surface area (Å²) in [7, 11) is -2.20. The Labute approximate surface area is 206 Å². The van der Waals surface area contributed by atoms with E-state index >= 15 is 0 Å². The Morgan fingerprint density at radius 2 is 1.71 bits per heavy atom. The van der Waals surface area contributed by atoms with Gasteiger partial charge in [0.15, 0.2) is 0 Å². The van der Waals surface area contributed by atoms with Gasteiger partial charge in [0.25, 0.3) is 5.91 Å². The van der Waals surface area contributed by atoms with E-state index in [1.165, 1.54) is 11.4 Å². The van der Waals surface area contributed by atoms with Gasteiger partial charge in [0, 0.05) is 29.7 Å². The molecule has 0 saturated carbocycles. The standard InChI is InChI=1S/C26H29ClN2O4S/c1-5-33-25-15-10-21(26(30)28-19(3)20-8-11-23(27)12-9-20)16-22(25)17-29(4)34(31,32)24-13-6-18(2)7-14-24/h6-16,19H,5,17H2,1-4H3,(H,28,30)/t19-/m1/s1. The molecule has 3 rings (SSSR count). The smallest absolute Gasteiger partial charge is 0.251 e. The van der Waals surface area contributed by atoms with Crippen LogP contribution in [0.2, 0.25) is 5.02 Å². The summed E-state index contributed by atoms with van der Waals surface area (Å²) < 4.78 is 33.1. The first-order valence-electron chi connectivity index (χ1n) is 11.0. The zero-order valence-corrected chi connectivity index (χ0v) is 21.3. The van der Waals surface area contributed by atoms with Crippen LogP contribution in [-0.4, -0.2) is 32.3 Å². The molecule has 0 unspecified atom stereocenters. The summed E-state index contributed by atoms with van der Waals surface area (Å²) in [5, 5.41) is 3.60. The Hall–Kier alpha value is -2.87.